The number of hydrogen-bond donors (Lipinski definition) is 0. The molecule has 5 heteroatoms. The van der Waals surface area contributed by atoms with Crippen molar-refractivity contribution in [3.05, 3.63) is 23.3 Å². The third kappa shape index (κ3) is 2.08. The fourth-order valence-electron chi connectivity index (χ4n) is 1.63. The average Bonchev–Trinajstić information content (AvgIpc) is 2.77. The number of Topliss-reactive ketones (excluding diaryl/α,β-unsaturated/α-hetero) is 1. The van der Waals surface area contributed by atoms with Crippen LogP contribution in [0.25, 0.3) is 0 Å². The molecule has 1 aliphatic rings. The van der Waals surface area contributed by atoms with E-state index in [1.54, 1.807) is 19.9 Å². The summed E-state index contributed by atoms with van der Waals surface area (Å²) in [5, 5.41) is 0. The Bertz CT molecular complexity index is 478. The van der Waals surface area contributed by atoms with Gasteiger partial charge in [0.15, 0.2) is 11.5 Å². The Hall–Kier alpha value is -2.04. The standard InChI is InChI=1S/C12H12O5/c1-3-15-12(14)10(13)8-4-7(2)11-9(5-8)16-6-17-11/h4-5H,3,6H2,1-2H3. The lowest BCUT2D eigenvalue weighted by Crippen LogP contribution is -2.17. The van der Waals surface area contributed by atoms with E-state index in [1.807, 2.05) is 0 Å². The molecule has 1 aliphatic heterocycles. The minimum Gasteiger partial charge on any atom is -0.460 e. The number of aryl methyl sites for hydroxylation is 1. The van der Waals surface area contributed by atoms with Crippen molar-refractivity contribution in [2.75, 3.05) is 13.4 Å². The monoisotopic (exact) mass is 236 g/mol. The van der Waals surface area contributed by atoms with Gasteiger partial charge in [0.05, 0.1) is 6.61 Å². The van der Waals surface area contributed by atoms with Crippen molar-refractivity contribution in [1.82, 2.24) is 0 Å². The molecule has 0 radical (unpaired) electrons. The van der Waals surface area contributed by atoms with Crippen molar-refractivity contribution in [3.63, 3.8) is 0 Å². The van der Waals surface area contributed by atoms with E-state index in [-0.39, 0.29) is 19.0 Å². The average molecular weight is 236 g/mol. The maximum Gasteiger partial charge on any atom is 0.379 e. The first-order valence-electron chi connectivity index (χ1n) is 5.25. The normalized spacial score (nSPS) is 12.4. The summed E-state index contributed by atoms with van der Waals surface area (Å²) in [4.78, 5) is 23.0. The van der Waals surface area contributed by atoms with Gasteiger partial charge in [-0.25, -0.2) is 4.79 Å². The second-order valence-corrected chi connectivity index (χ2v) is 3.58. The van der Waals surface area contributed by atoms with Gasteiger partial charge in [0.1, 0.15) is 0 Å². The molecular formula is C12H12O5. The quantitative estimate of drug-likeness (QED) is 0.452. The van der Waals surface area contributed by atoms with Crippen molar-refractivity contribution in [2.24, 2.45) is 0 Å². The highest BCUT2D eigenvalue weighted by molar-refractivity contribution is 6.40. The number of carbonyl (C=O) groups excluding carboxylic acids is 2. The Balaban J connectivity index is 2.31. The Morgan fingerprint density at radius 2 is 2.12 bits per heavy atom. The minimum atomic E-state index is -0.856. The van der Waals surface area contributed by atoms with Crippen molar-refractivity contribution in [2.45, 2.75) is 13.8 Å². The largest absolute Gasteiger partial charge is 0.460 e. The number of hydrogen-bond acceptors (Lipinski definition) is 5. The molecule has 0 spiro atoms. The van der Waals surface area contributed by atoms with E-state index in [0.717, 1.165) is 5.56 Å². The number of rotatable bonds is 3. The van der Waals surface area contributed by atoms with E-state index in [9.17, 15) is 9.59 Å². The fourth-order valence-corrected chi connectivity index (χ4v) is 1.63. The zero-order valence-corrected chi connectivity index (χ0v) is 9.61. The van der Waals surface area contributed by atoms with Gasteiger partial charge >= 0.3 is 5.97 Å². The van der Waals surface area contributed by atoms with Crippen molar-refractivity contribution in [3.8, 4) is 11.5 Å². The lowest BCUT2D eigenvalue weighted by Gasteiger charge is -2.05. The summed E-state index contributed by atoms with van der Waals surface area (Å²) < 4.78 is 15.1. The second kappa shape index (κ2) is 4.45. The number of ether oxygens (including phenoxy) is 3. The van der Waals surface area contributed by atoms with Crippen LogP contribution in [0.4, 0.5) is 0 Å². The van der Waals surface area contributed by atoms with Crippen molar-refractivity contribution >= 4 is 11.8 Å². The predicted molar refractivity (Wildman–Crippen MR) is 58.3 cm³/mol. The van der Waals surface area contributed by atoms with Gasteiger partial charge in [-0.05, 0) is 31.5 Å². The van der Waals surface area contributed by atoms with Crippen LogP contribution in [0.3, 0.4) is 0 Å². The lowest BCUT2D eigenvalue weighted by molar-refractivity contribution is -0.137. The minimum absolute atomic E-state index is 0.132. The second-order valence-electron chi connectivity index (χ2n) is 3.58. The van der Waals surface area contributed by atoms with Gasteiger partial charge in [-0.1, -0.05) is 0 Å². The highest BCUT2D eigenvalue weighted by Gasteiger charge is 2.23. The number of fused-ring (bicyclic) bond motifs is 1. The number of benzene rings is 1. The van der Waals surface area contributed by atoms with E-state index < -0.39 is 11.8 Å². The van der Waals surface area contributed by atoms with Gasteiger partial charge in [0.25, 0.3) is 5.78 Å². The van der Waals surface area contributed by atoms with E-state index in [1.165, 1.54) is 6.07 Å². The molecule has 0 N–H and O–H groups in total. The molecule has 2 rings (SSSR count). The summed E-state index contributed by atoms with van der Waals surface area (Å²) in [7, 11) is 0. The number of ketones is 1. The Kier molecular flexibility index (Phi) is 2.99. The van der Waals surface area contributed by atoms with Crippen LogP contribution in [0.15, 0.2) is 12.1 Å². The first kappa shape index (κ1) is 11.4. The van der Waals surface area contributed by atoms with Crippen LogP contribution in [-0.4, -0.2) is 25.2 Å². The maximum atomic E-state index is 11.7. The van der Waals surface area contributed by atoms with Crippen molar-refractivity contribution in [1.29, 1.82) is 0 Å². The van der Waals surface area contributed by atoms with Gasteiger partial charge < -0.3 is 14.2 Å². The highest BCUT2D eigenvalue weighted by Crippen LogP contribution is 2.36. The molecule has 0 unspecified atom stereocenters. The molecule has 0 aromatic heterocycles. The van der Waals surface area contributed by atoms with Gasteiger partial charge in [-0.2, -0.15) is 0 Å². The Morgan fingerprint density at radius 3 is 2.82 bits per heavy atom. The molecule has 0 bridgehead atoms. The van der Waals surface area contributed by atoms with E-state index >= 15 is 0 Å². The first-order chi connectivity index (χ1) is 8.13. The zero-order valence-electron chi connectivity index (χ0n) is 9.61. The van der Waals surface area contributed by atoms with E-state index in [2.05, 4.69) is 4.74 Å². The fraction of sp³-hybridized carbons (Fsp3) is 0.333. The molecule has 1 heterocycles. The van der Waals surface area contributed by atoms with Crippen molar-refractivity contribution < 1.29 is 23.8 Å². The molecule has 0 atom stereocenters. The first-order valence-corrected chi connectivity index (χ1v) is 5.25. The molecule has 0 aliphatic carbocycles. The molecule has 0 saturated carbocycles. The smallest absolute Gasteiger partial charge is 0.379 e. The predicted octanol–water partition coefficient (Wildman–Crippen LogP) is 1.47. The van der Waals surface area contributed by atoms with Gasteiger partial charge in [-0.3, -0.25) is 4.79 Å². The van der Waals surface area contributed by atoms with Gasteiger partial charge in [-0.15, -0.1) is 0 Å². The Labute approximate surface area is 98.3 Å². The molecule has 1 aromatic rings. The van der Waals surface area contributed by atoms with E-state index in [4.69, 9.17) is 9.47 Å². The molecule has 0 saturated heterocycles. The third-order valence-corrected chi connectivity index (χ3v) is 2.38. The lowest BCUT2D eigenvalue weighted by atomic mass is 10.1. The molecule has 0 fully saturated rings. The summed E-state index contributed by atoms with van der Waals surface area (Å²) in [6.07, 6.45) is 0. The molecular weight excluding hydrogens is 224 g/mol. The third-order valence-electron chi connectivity index (χ3n) is 2.38. The maximum absolute atomic E-state index is 11.7. The zero-order chi connectivity index (χ0) is 12.4. The molecule has 90 valence electrons. The van der Waals surface area contributed by atoms with Crippen LogP contribution < -0.4 is 9.47 Å². The van der Waals surface area contributed by atoms with Crippen LogP contribution in [0, 0.1) is 6.92 Å². The van der Waals surface area contributed by atoms with Crippen LogP contribution in [-0.2, 0) is 9.53 Å². The SMILES string of the molecule is CCOC(=O)C(=O)c1cc(C)c2c(c1)OCO2. The molecule has 1 aromatic carbocycles. The summed E-state index contributed by atoms with van der Waals surface area (Å²) >= 11 is 0. The summed E-state index contributed by atoms with van der Waals surface area (Å²) in [5.41, 5.74) is 1.01. The van der Waals surface area contributed by atoms with Crippen LogP contribution >= 0.6 is 0 Å². The van der Waals surface area contributed by atoms with Crippen LogP contribution in [0.5, 0.6) is 11.5 Å². The van der Waals surface area contributed by atoms with Crippen LogP contribution in [0.2, 0.25) is 0 Å². The van der Waals surface area contributed by atoms with Gasteiger partial charge in [0, 0.05) is 5.56 Å². The summed E-state index contributed by atoms with van der Waals surface area (Å²) in [6.45, 7) is 3.74. The summed E-state index contributed by atoms with van der Waals surface area (Å²) in [5.74, 6) is -0.429. The number of carbonyl (C=O) groups is 2. The molecule has 0 amide bonds. The Morgan fingerprint density at radius 1 is 1.35 bits per heavy atom. The molecule has 5 nitrogen and oxygen atoms in total. The van der Waals surface area contributed by atoms with Gasteiger partial charge in [0.2, 0.25) is 6.79 Å². The van der Waals surface area contributed by atoms with E-state index in [0.29, 0.717) is 11.5 Å². The molecule has 17 heavy (non-hydrogen) atoms. The van der Waals surface area contributed by atoms with Crippen LogP contribution in [0.1, 0.15) is 22.8 Å². The topological polar surface area (TPSA) is 61.8 Å². The number of esters is 1. The highest BCUT2D eigenvalue weighted by atomic mass is 16.7. The summed E-state index contributed by atoms with van der Waals surface area (Å²) in [6, 6.07) is 3.08.